The van der Waals surface area contributed by atoms with Gasteiger partial charge >= 0.3 is 6.18 Å². The van der Waals surface area contributed by atoms with Crippen LogP contribution in [0.25, 0.3) is 22.3 Å². The number of benzene rings is 1. The molecule has 1 aromatic carbocycles. The molecule has 0 radical (unpaired) electrons. The van der Waals surface area contributed by atoms with Crippen molar-refractivity contribution in [1.29, 1.82) is 5.26 Å². The number of H-pyrrole nitrogens is 1. The molecule has 1 aliphatic heterocycles. The Hall–Kier alpha value is -3.95. The largest absolute Gasteiger partial charge is 0.490 e. The maximum atomic E-state index is 13.7. The highest BCUT2D eigenvalue weighted by atomic mass is 19.4. The van der Waals surface area contributed by atoms with Gasteiger partial charge in [0.1, 0.15) is 23.8 Å². The van der Waals surface area contributed by atoms with E-state index in [1.165, 1.54) is 12.4 Å². The number of aromatic nitrogens is 5. The van der Waals surface area contributed by atoms with E-state index in [1.54, 1.807) is 12.3 Å². The average molecular weight is 607 g/mol. The number of alkyl halides is 3. The van der Waals surface area contributed by atoms with Crippen LogP contribution in [0.1, 0.15) is 57.1 Å². The smallest absolute Gasteiger partial charge is 0.416 e. The molecule has 6 rings (SSSR count). The second-order valence-corrected chi connectivity index (χ2v) is 11.9. The van der Waals surface area contributed by atoms with E-state index in [1.807, 2.05) is 37.0 Å². The standard InChI is InChI=1S/C32H37F3N8O/c1-3-41(4-2)19-22-13-24(32(33,34)35)15-27(14-22)44-26-6-11-42(12-7-26)25-16-31(17-25,8-9-36)43-20-23(18-40-43)29-28-5-10-37-30(28)39-21-38-29/h5,10,13-15,18,20-21,25-26H,3-4,6-8,11-12,16-17,19H2,1-2H3,(H,37,38,39). The summed E-state index contributed by atoms with van der Waals surface area (Å²) in [6.45, 7) is 7.56. The van der Waals surface area contributed by atoms with Crippen molar-refractivity contribution >= 4 is 11.0 Å². The lowest BCUT2D eigenvalue weighted by atomic mass is 9.69. The molecule has 1 N–H and O–H groups in total. The zero-order valence-electron chi connectivity index (χ0n) is 25.0. The van der Waals surface area contributed by atoms with E-state index < -0.39 is 11.7 Å². The van der Waals surface area contributed by atoms with Gasteiger partial charge < -0.3 is 9.72 Å². The van der Waals surface area contributed by atoms with E-state index in [9.17, 15) is 18.4 Å². The molecule has 1 saturated carbocycles. The van der Waals surface area contributed by atoms with Gasteiger partial charge in [-0.3, -0.25) is 14.5 Å². The van der Waals surface area contributed by atoms with Crippen LogP contribution in [0.2, 0.25) is 0 Å². The lowest BCUT2D eigenvalue weighted by Crippen LogP contribution is -2.58. The fourth-order valence-electron chi connectivity index (χ4n) is 6.68. The van der Waals surface area contributed by atoms with Gasteiger partial charge in [0.2, 0.25) is 0 Å². The number of hydrogen-bond acceptors (Lipinski definition) is 7. The number of ether oxygens (including phenoxy) is 1. The third-order valence-electron chi connectivity index (χ3n) is 9.23. The van der Waals surface area contributed by atoms with Crippen molar-refractivity contribution < 1.29 is 17.9 Å². The second-order valence-electron chi connectivity index (χ2n) is 11.9. The number of likely N-dealkylation sites (tertiary alicyclic amines) is 1. The molecule has 0 spiro atoms. The van der Waals surface area contributed by atoms with Crippen LogP contribution in [0.15, 0.2) is 49.2 Å². The van der Waals surface area contributed by atoms with Gasteiger partial charge in [0.15, 0.2) is 0 Å². The quantitative estimate of drug-likeness (QED) is 0.237. The van der Waals surface area contributed by atoms with E-state index >= 15 is 0 Å². The average Bonchev–Trinajstić information content (AvgIpc) is 3.68. The van der Waals surface area contributed by atoms with Gasteiger partial charge in [-0.25, -0.2) is 9.97 Å². The molecule has 0 unspecified atom stereocenters. The van der Waals surface area contributed by atoms with E-state index in [0.717, 1.165) is 80.2 Å². The van der Waals surface area contributed by atoms with Crippen molar-refractivity contribution in [2.24, 2.45) is 0 Å². The van der Waals surface area contributed by atoms with Gasteiger partial charge in [-0.1, -0.05) is 13.8 Å². The summed E-state index contributed by atoms with van der Waals surface area (Å²) in [6.07, 6.45) is 5.99. The molecule has 4 aromatic rings. The van der Waals surface area contributed by atoms with Crippen molar-refractivity contribution in [2.75, 3.05) is 26.2 Å². The Kier molecular flexibility index (Phi) is 8.35. The van der Waals surface area contributed by atoms with Gasteiger partial charge in [0.25, 0.3) is 0 Å². The molecule has 0 atom stereocenters. The zero-order chi connectivity index (χ0) is 30.9. The van der Waals surface area contributed by atoms with Crippen LogP contribution in [0.3, 0.4) is 0 Å². The lowest BCUT2D eigenvalue weighted by Gasteiger charge is -2.52. The fourth-order valence-corrected chi connectivity index (χ4v) is 6.68. The Morgan fingerprint density at radius 3 is 2.61 bits per heavy atom. The normalized spacial score (nSPS) is 21.4. The SMILES string of the molecule is CCN(CC)Cc1cc(OC2CCN(C3CC(CC#N)(n4cc(-c5ncnc6[nH]ccc56)cn4)C3)CC2)cc(C(F)(F)F)c1. The van der Waals surface area contributed by atoms with Gasteiger partial charge in [-0.05, 0) is 68.6 Å². The molecule has 0 amide bonds. The molecule has 12 heteroatoms. The van der Waals surface area contributed by atoms with Gasteiger partial charge in [0.05, 0.1) is 35.5 Å². The lowest BCUT2D eigenvalue weighted by molar-refractivity contribution is -0.137. The number of piperidine rings is 1. The predicted octanol–water partition coefficient (Wildman–Crippen LogP) is 6.00. The predicted molar refractivity (Wildman–Crippen MR) is 160 cm³/mol. The molecule has 2 aliphatic rings. The van der Waals surface area contributed by atoms with Gasteiger partial charge in [-0.2, -0.15) is 23.5 Å². The van der Waals surface area contributed by atoms with Crippen LogP contribution in [0.4, 0.5) is 13.2 Å². The van der Waals surface area contributed by atoms with Gasteiger partial charge in [-0.15, -0.1) is 0 Å². The van der Waals surface area contributed by atoms with E-state index in [-0.39, 0.29) is 17.4 Å². The van der Waals surface area contributed by atoms with Crippen molar-refractivity contribution in [3.05, 3.63) is 60.3 Å². The number of nitriles is 1. The van der Waals surface area contributed by atoms with Crippen LogP contribution in [-0.2, 0) is 18.3 Å². The first-order chi connectivity index (χ1) is 21.2. The molecule has 4 heterocycles. The summed E-state index contributed by atoms with van der Waals surface area (Å²) in [4.78, 5) is 16.4. The Bertz CT molecular complexity index is 1620. The maximum Gasteiger partial charge on any atom is 0.416 e. The first-order valence-electron chi connectivity index (χ1n) is 15.3. The van der Waals surface area contributed by atoms with Crippen LogP contribution in [0, 0.1) is 11.3 Å². The van der Waals surface area contributed by atoms with Crippen LogP contribution >= 0.6 is 0 Å². The number of aromatic amines is 1. The summed E-state index contributed by atoms with van der Waals surface area (Å²) in [5.74, 6) is 0.284. The highest BCUT2D eigenvalue weighted by Crippen LogP contribution is 2.46. The first-order valence-corrected chi connectivity index (χ1v) is 15.3. The summed E-state index contributed by atoms with van der Waals surface area (Å²) in [7, 11) is 0. The van der Waals surface area contributed by atoms with Crippen molar-refractivity contribution in [1.82, 2.24) is 34.5 Å². The number of hydrogen-bond donors (Lipinski definition) is 1. The van der Waals surface area contributed by atoms with Crippen molar-refractivity contribution in [2.45, 2.75) is 76.4 Å². The zero-order valence-corrected chi connectivity index (χ0v) is 25.0. The van der Waals surface area contributed by atoms with E-state index in [2.05, 4.69) is 35.9 Å². The summed E-state index contributed by atoms with van der Waals surface area (Å²) in [5, 5.41) is 15.3. The van der Waals surface area contributed by atoms with Crippen LogP contribution in [0.5, 0.6) is 5.75 Å². The Labute approximate surface area is 254 Å². The molecule has 2 fully saturated rings. The summed E-state index contributed by atoms with van der Waals surface area (Å²) < 4.78 is 49.1. The molecular formula is C32H37F3N8O. The Morgan fingerprint density at radius 1 is 1.14 bits per heavy atom. The number of rotatable bonds is 10. The summed E-state index contributed by atoms with van der Waals surface area (Å²) >= 11 is 0. The molecular weight excluding hydrogens is 569 g/mol. The van der Waals surface area contributed by atoms with Crippen molar-refractivity contribution in [3.63, 3.8) is 0 Å². The van der Waals surface area contributed by atoms with Crippen LogP contribution in [-0.4, -0.2) is 72.9 Å². The highest BCUT2D eigenvalue weighted by Gasteiger charge is 2.49. The number of fused-ring (bicyclic) bond motifs is 1. The minimum Gasteiger partial charge on any atom is -0.490 e. The minimum absolute atomic E-state index is 0.146. The first kappa shape index (κ1) is 30.1. The monoisotopic (exact) mass is 606 g/mol. The van der Waals surface area contributed by atoms with E-state index in [4.69, 9.17) is 4.74 Å². The highest BCUT2D eigenvalue weighted by molar-refractivity contribution is 5.90. The fraction of sp³-hybridized carbons (Fsp3) is 0.500. The molecule has 44 heavy (non-hydrogen) atoms. The summed E-state index contributed by atoms with van der Waals surface area (Å²) in [5.41, 5.74) is 2.00. The van der Waals surface area contributed by atoms with Crippen molar-refractivity contribution in [3.8, 4) is 23.1 Å². The molecule has 1 aliphatic carbocycles. The second kappa shape index (κ2) is 12.2. The third-order valence-corrected chi connectivity index (χ3v) is 9.23. The Morgan fingerprint density at radius 2 is 1.91 bits per heavy atom. The molecule has 0 bridgehead atoms. The minimum atomic E-state index is -4.43. The molecule has 9 nitrogen and oxygen atoms in total. The topological polar surface area (TPSA) is 98.9 Å². The molecule has 232 valence electrons. The Balaban J connectivity index is 1.09. The van der Waals surface area contributed by atoms with E-state index in [0.29, 0.717) is 24.6 Å². The third kappa shape index (κ3) is 6.03. The maximum absolute atomic E-state index is 13.7. The summed E-state index contributed by atoms with van der Waals surface area (Å²) in [6, 6.07) is 8.73. The number of nitrogens with zero attached hydrogens (tertiary/aromatic N) is 7. The molecule has 1 saturated heterocycles. The number of halogens is 3. The van der Waals surface area contributed by atoms with Gasteiger partial charge in [0, 0.05) is 49.0 Å². The molecule has 3 aromatic heterocycles. The number of nitrogens with one attached hydrogen (secondary N) is 1. The van der Waals surface area contributed by atoms with Crippen LogP contribution < -0.4 is 4.74 Å².